The first-order chi connectivity index (χ1) is 11.4. The number of nitrogens with one attached hydrogen (secondary N) is 1. The van der Waals surface area contributed by atoms with Crippen LogP contribution in [0, 0.1) is 24.0 Å². The van der Waals surface area contributed by atoms with E-state index in [-0.39, 0.29) is 22.0 Å². The van der Waals surface area contributed by atoms with Crippen LogP contribution >= 0.6 is 11.6 Å². The van der Waals surface area contributed by atoms with Crippen molar-refractivity contribution in [3.8, 4) is 0 Å². The number of benzene rings is 1. The lowest BCUT2D eigenvalue weighted by Gasteiger charge is -2.06. The number of aryl methyl sites for hydroxylation is 2. The second kappa shape index (κ2) is 5.89. The van der Waals surface area contributed by atoms with E-state index < -0.39 is 10.8 Å². The molecule has 0 radical (unpaired) electrons. The Morgan fingerprint density at radius 1 is 1.33 bits per heavy atom. The summed E-state index contributed by atoms with van der Waals surface area (Å²) in [5.74, 6) is -0.495. The molecule has 0 aliphatic carbocycles. The van der Waals surface area contributed by atoms with Crippen molar-refractivity contribution < 1.29 is 9.72 Å². The molecule has 2 aromatic heterocycles. The van der Waals surface area contributed by atoms with E-state index in [1.54, 1.807) is 4.52 Å². The summed E-state index contributed by atoms with van der Waals surface area (Å²) in [4.78, 5) is 27.1. The summed E-state index contributed by atoms with van der Waals surface area (Å²) < 4.78 is 1.55. The molecule has 0 unspecified atom stereocenters. The van der Waals surface area contributed by atoms with Gasteiger partial charge in [-0.3, -0.25) is 14.9 Å². The molecule has 2 heterocycles. The fourth-order valence-electron chi connectivity index (χ4n) is 2.34. The number of fused-ring (bicyclic) bond motifs is 1. The predicted octanol–water partition coefficient (Wildman–Crippen LogP) is 3.16. The van der Waals surface area contributed by atoms with Gasteiger partial charge in [-0.25, -0.2) is 9.50 Å². The molecule has 8 nitrogen and oxygen atoms in total. The van der Waals surface area contributed by atoms with Crippen molar-refractivity contribution in [1.82, 2.24) is 14.6 Å². The molecule has 0 bridgehead atoms. The minimum absolute atomic E-state index is 0.152. The van der Waals surface area contributed by atoms with E-state index in [4.69, 9.17) is 11.6 Å². The smallest absolute Gasteiger partial charge is 0.271 e. The quantitative estimate of drug-likeness (QED) is 0.580. The Kier molecular flexibility index (Phi) is 3.90. The van der Waals surface area contributed by atoms with Crippen molar-refractivity contribution in [2.45, 2.75) is 13.8 Å². The maximum Gasteiger partial charge on any atom is 0.271 e. The number of carbonyl (C=O) groups is 1. The Hall–Kier alpha value is -3.00. The highest BCUT2D eigenvalue weighted by Gasteiger charge is 2.18. The van der Waals surface area contributed by atoms with Crippen molar-refractivity contribution in [3.05, 3.63) is 62.6 Å². The summed E-state index contributed by atoms with van der Waals surface area (Å²) in [5.41, 5.74) is 2.24. The Morgan fingerprint density at radius 3 is 2.79 bits per heavy atom. The number of nitrogens with zero attached hydrogens (tertiary/aromatic N) is 4. The molecule has 24 heavy (non-hydrogen) atoms. The van der Waals surface area contributed by atoms with E-state index in [0.717, 1.165) is 11.4 Å². The lowest BCUT2D eigenvalue weighted by atomic mass is 10.2. The maximum absolute atomic E-state index is 12.5. The summed E-state index contributed by atoms with van der Waals surface area (Å²) in [6.45, 7) is 3.67. The monoisotopic (exact) mass is 345 g/mol. The van der Waals surface area contributed by atoms with Gasteiger partial charge in [0.15, 0.2) is 5.65 Å². The third kappa shape index (κ3) is 2.79. The summed E-state index contributed by atoms with van der Waals surface area (Å²) >= 11 is 6.00. The number of anilines is 1. The van der Waals surface area contributed by atoms with Crippen LogP contribution in [0.4, 0.5) is 11.4 Å². The average molecular weight is 346 g/mol. The molecule has 1 N–H and O–H groups in total. The SMILES string of the molecule is Cc1cc(C)n2ncc(C(=O)Nc3cc([N+](=O)[O-])ccc3Cl)c2n1. The van der Waals surface area contributed by atoms with E-state index in [1.807, 2.05) is 19.9 Å². The number of carbonyl (C=O) groups excluding carboxylic acids is 1. The minimum Gasteiger partial charge on any atom is -0.320 e. The third-order valence-electron chi connectivity index (χ3n) is 3.43. The van der Waals surface area contributed by atoms with Crippen LogP contribution in [0.2, 0.25) is 5.02 Å². The lowest BCUT2D eigenvalue weighted by Crippen LogP contribution is -2.13. The highest BCUT2D eigenvalue weighted by molar-refractivity contribution is 6.34. The van der Waals surface area contributed by atoms with E-state index >= 15 is 0 Å². The fourth-order valence-corrected chi connectivity index (χ4v) is 2.51. The van der Waals surface area contributed by atoms with Crippen LogP contribution in [0.3, 0.4) is 0 Å². The van der Waals surface area contributed by atoms with Crippen LogP contribution < -0.4 is 5.32 Å². The normalized spacial score (nSPS) is 10.8. The van der Waals surface area contributed by atoms with Gasteiger partial charge in [-0.15, -0.1) is 0 Å². The molecule has 0 fully saturated rings. The second-order valence-corrected chi connectivity index (χ2v) is 5.62. The molecule has 0 atom stereocenters. The number of halogens is 1. The molecule has 0 saturated heterocycles. The summed E-state index contributed by atoms with van der Waals surface area (Å²) in [6, 6.07) is 5.68. The molecule has 3 aromatic rings. The zero-order valence-electron chi connectivity index (χ0n) is 12.8. The van der Waals surface area contributed by atoms with Gasteiger partial charge in [-0.1, -0.05) is 11.6 Å². The average Bonchev–Trinajstić information content (AvgIpc) is 2.93. The molecule has 1 aromatic carbocycles. The standard InChI is InChI=1S/C15H12ClN5O3/c1-8-5-9(2)20-14(18-8)11(7-17-20)15(22)19-13-6-10(21(23)24)3-4-12(13)16/h3-7H,1-2H3,(H,19,22). The molecule has 3 rings (SSSR count). The Labute approximate surface area is 141 Å². The molecule has 0 saturated carbocycles. The first-order valence-electron chi connectivity index (χ1n) is 6.94. The second-order valence-electron chi connectivity index (χ2n) is 5.21. The van der Waals surface area contributed by atoms with Gasteiger partial charge in [0.25, 0.3) is 11.6 Å². The molecule has 0 aliphatic heterocycles. The van der Waals surface area contributed by atoms with Crippen LogP contribution in [-0.2, 0) is 0 Å². The number of rotatable bonds is 3. The Bertz CT molecular complexity index is 983. The number of hydrogen-bond acceptors (Lipinski definition) is 5. The van der Waals surface area contributed by atoms with Gasteiger partial charge in [-0.05, 0) is 26.0 Å². The van der Waals surface area contributed by atoms with Crippen molar-refractivity contribution in [1.29, 1.82) is 0 Å². The fraction of sp³-hybridized carbons (Fsp3) is 0.133. The molecule has 1 amide bonds. The molecule has 0 aliphatic rings. The van der Waals surface area contributed by atoms with Crippen LogP contribution in [0.1, 0.15) is 21.7 Å². The van der Waals surface area contributed by atoms with Crippen LogP contribution in [0.5, 0.6) is 0 Å². The van der Waals surface area contributed by atoms with Crippen LogP contribution in [-0.4, -0.2) is 25.4 Å². The van der Waals surface area contributed by atoms with E-state index in [2.05, 4.69) is 15.4 Å². The van der Waals surface area contributed by atoms with Gasteiger partial charge >= 0.3 is 0 Å². The Morgan fingerprint density at radius 2 is 2.08 bits per heavy atom. The largest absolute Gasteiger partial charge is 0.320 e. The number of nitro groups is 1. The van der Waals surface area contributed by atoms with Gasteiger partial charge < -0.3 is 5.32 Å². The van der Waals surface area contributed by atoms with Crippen molar-refractivity contribution >= 4 is 34.5 Å². The van der Waals surface area contributed by atoms with Gasteiger partial charge in [0.1, 0.15) is 5.56 Å². The topological polar surface area (TPSA) is 102 Å². The number of amides is 1. The van der Waals surface area contributed by atoms with E-state index in [1.165, 1.54) is 24.4 Å². The lowest BCUT2D eigenvalue weighted by molar-refractivity contribution is -0.384. The van der Waals surface area contributed by atoms with Gasteiger partial charge in [-0.2, -0.15) is 5.10 Å². The summed E-state index contributed by atoms with van der Waals surface area (Å²) in [6.07, 6.45) is 1.40. The highest BCUT2D eigenvalue weighted by Crippen LogP contribution is 2.27. The molecular formula is C15H12ClN5O3. The number of aromatic nitrogens is 3. The number of hydrogen-bond donors (Lipinski definition) is 1. The number of non-ortho nitro benzene ring substituents is 1. The molecule has 0 spiro atoms. The maximum atomic E-state index is 12.5. The first-order valence-corrected chi connectivity index (χ1v) is 7.32. The van der Waals surface area contributed by atoms with Crippen molar-refractivity contribution in [3.63, 3.8) is 0 Å². The van der Waals surface area contributed by atoms with Crippen molar-refractivity contribution in [2.24, 2.45) is 0 Å². The summed E-state index contributed by atoms with van der Waals surface area (Å²) in [5, 5.41) is 17.8. The summed E-state index contributed by atoms with van der Waals surface area (Å²) in [7, 11) is 0. The van der Waals surface area contributed by atoms with Gasteiger partial charge in [0.05, 0.1) is 21.8 Å². The van der Waals surface area contributed by atoms with Crippen LogP contribution in [0.15, 0.2) is 30.5 Å². The van der Waals surface area contributed by atoms with Gasteiger partial charge in [0.2, 0.25) is 0 Å². The van der Waals surface area contributed by atoms with E-state index in [0.29, 0.717) is 5.65 Å². The first kappa shape index (κ1) is 15.9. The zero-order valence-corrected chi connectivity index (χ0v) is 13.5. The predicted molar refractivity (Wildman–Crippen MR) is 88.5 cm³/mol. The minimum atomic E-state index is -0.560. The number of nitro benzene ring substituents is 1. The molecule has 122 valence electrons. The molecule has 9 heteroatoms. The van der Waals surface area contributed by atoms with Gasteiger partial charge in [0, 0.05) is 23.5 Å². The molecular weight excluding hydrogens is 334 g/mol. The Balaban J connectivity index is 1.99. The van der Waals surface area contributed by atoms with Crippen LogP contribution in [0.25, 0.3) is 5.65 Å². The van der Waals surface area contributed by atoms with E-state index in [9.17, 15) is 14.9 Å². The zero-order chi connectivity index (χ0) is 17.4. The highest BCUT2D eigenvalue weighted by atomic mass is 35.5. The van der Waals surface area contributed by atoms with Crippen molar-refractivity contribution in [2.75, 3.05) is 5.32 Å². The third-order valence-corrected chi connectivity index (χ3v) is 3.76.